The molecule has 2 aromatic carbocycles. The number of ether oxygens (including phenoxy) is 1. The molecule has 3 heteroatoms. The van der Waals surface area contributed by atoms with E-state index in [1.165, 1.54) is 11.1 Å². The molecule has 1 aliphatic heterocycles. The first-order valence-corrected chi connectivity index (χ1v) is 7.11. The molecule has 2 unspecified atom stereocenters. The van der Waals surface area contributed by atoms with Crippen LogP contribution in [-0.2, 0) is 0 Å². The molecule has 0 radical (unpaired) electrons. The zero-order chi connectivity index (χ0) is 13.8. The average Bonchev–Trinajstić information content (AvgIpc) is 2.53. The summed E-state index contributed by atoms with van der Waals surface area (Å²) in [5.41, 5.74) is 5.49. The van der Waals surface area contributed by atoms with Crippen molar-refractivity contribution in [3.63, 3.8) is 0 Å². The van der Waals surface area contributed by atoms with Crippen molar-refractivity contribution in [3.05, 3.63) is 65.7 Å². The van der Waals surface area contributed by atoms with Gasteiger partial charge in [0.15, 0.2) is 0 Å². The molecule has 1 heterocycles. The van der Waals surface area contributed by atoms with Crippen LogP contribution in [0.15, 0.2) is 54.6 Å². The lowest BCUT2D eigenvalue weighted by molar-refractivity contribution is 0.255. The van der Waals surface area contributed by atoms with E-state index < -0.39 is 0 Å². The minimum Gasteiger partial charge on any atom is -0.493 e. The maximum absolute atomic E-state index is 5.76. The van der Waals surface area contributed by atoms with Crippen molar-refractivity contribution in [1.29, 1.82) is 0 Å². The molecule has 0 aromatic heterocycles. The number of benzene rings is 2. The Labute approximate surface area is 119 Å². The summed E-state index contributed by atoms with van der Waals surface area (Å²) in [5, 5.41) is 0. The third-order valence-corrected chi connectivity index (χ3v) is 4.01. The summed E-state index contributed by atoms with van der Waals surface area (Å²) in [5.74, 6) is 7.27. The molecule has 104 valence electrons. The van der Waals surface area contributed by atoms with E-state index in [9.17, 15) is 0 Å². The van der Waals surface area contributed by atoms with Gasteiger partial charge in [-0.1, -0.05) is 48.5 Å². The van der Waals surface area contributed by atoms with Gasteiger partial charge in [-0.15, -0.1) is 0 Å². The number of hydrogen-bond acceptors (Lipinski definition) is 3. The molecule has 0 fully saturated rings. The summed E-state index contributed by atoms with van der Waals surface area (Å²) >= 11 is 0. The van der Waals surface area contributed by atoms with Crippen LogP contribution in [0.3, 0.4) is 0 Å². The SMILES string of the molecule is NNC(CC1CCOc2ccccc21)c1ccccc1. The van der Waals surface area contributed by atoms with Gasteiger partial charge in [0.1, 0.15) is 5.75 Å². The molecular formula is C17H20N2O. The molecule has 3 rings (SSSR count). The first-order chi connectivity index (χ1) is 9.88. The Hall–Kier alpha value is -1.84. The second-order valence-electron chi connectivity index (χ2n) is 5.24. The van der Waals surface area contributed by atoms with E-state index >= 15 is 0 Å². The normalized spacial score (nSPS) is 18.9. The van der Waals surface area contributed by atoms with Crippen LogP contribution in [0.25, 0.3) is 0 Å². The van der Waals surface area contributed by atoms with Crippen molar-refractivity contribution in [1.82, 2.24) is 5.43 Å². The first kappa shape index (κ1) is 13.2. The van der Waals surface area contributed by atoms with E-state index in [0.717, 1.165) is 25.2 Å². The Kier molecular flexibility index (Phi) is 4.00. The lowest BCUT2D eigenvalue weighted by Gasteiger charge is -2.29. The molecule has 0 saturated heterocycles. The maximum Gasteiger partial charge on any atom is 0.122 e. The van der Waals surface area contributed by atoms with Crippen molar-refractivity contribution in [2.45, 2.75) is 24.8 Å². The van der Waals surface area contributed by atoms with Crippen LogP contribution in [0, 0.1) is 0 Å². The second-order valence-corrected chi connectivity index (χ2v) is 5.24. The number of nitrogens with two attached hydrogens (primary N) is 1. The predicted molar refractivity (Wildman–Crippen MR) is 80.4 cm³/mol. The van der Waals surface area contributed by atoms with Gasteiger partial charge in [-0.05, 0) is 36.0 Å². The summed E-state index contributed by atoms with van der Waals surface area (Å²) in [6.07, 6.45) is 2.03. The van der Waals surface area contributed by atoms with Crippen molar-refractivity contribution in [2.75, 3.05) is 6.61 Å². The van der Waals surface area contributed by atoms with Crippen molar-refractivity contribution >= 4 is 0 Å². The number of hydrazine groups is 1. The topological polar surface area (TPSA) is 47.3 Å². The summed E-state index contributed by atoms with van der Waals surface area (Å²) in [6.45, 7) is 0.785. The van der Waals surface area contributed by atoms with Crippen molar-refractivity contribution in [3.8, 4) is 5.75 Å². The predicted octanol–water partition coefficient (Wildman–Crippen LogP) is 3.15. The van der Waals surface area contributed by atoms with Crippen LogP contribution in [-0.4, -0.2) is 6.61 Å². The maximum atomic E-state index is 5.76. The Morgan fingerprint density at radius 2 is 1.85 bits per heavy atom. The largest absolute Gasteiger partial charge is 0.493 e. The first-order valence-electron chi connectivity index (χ1n) is 7.11. The van der Waals surface area contributed by atoms with E-state index in [1.807, 2.05) is 12.1 Å². The van der Waals surface area contributed by atoms with E-state index in [4.69, 9.17) is 10.6 Å². The van der Waals surface area contributed by atoms with E-state index in [-0.39, 0.29) is 6.04 Å². The molecule has 3 N–H and O–H groups in total. The molecule has 2 atom stereocenters. The van der Waals surface area contributed by atoms with E-state index in [0.29, 0.717) is 5.92 Å². The van der Waals surface area contributed by atoms with Crippen LogP contribution in [0.4, 0.5) is 0 Å². The molecule has 0 bridgehead atoms. The summed E-state index contributed by atoms with van der Waals surface area (Å²) < 4.78 is 5.72. The Morgan fingerprint density at radius 3 is 2.65 bits per heavy atom. The molecule has 1 aliphatic rings. The van der Waals surface area contributed by atoms with Crippen LogP contribution in [0.5, 0.6) is 5.75 Å². The fraction of sp³-hybridized carbons (Fsp3) is 0.294. The van der Waals surface area contributed by atoms with Gasteiger partial charge in [0.25, 0.3) is 0 Å². The van der Waals surface area contributed by atoms with Gasteiger partial charge in [-0.25, -0.2) is 0 Å². The fourth-order valence-corrected chi connectivity index (χ4v) is 2.93. The highest BCUT2D eigenvalue weighted by Gasteiger charge is 2.24. The zero-order valence-electron chi connectivity index (χ0n) is 11.5. The van der Waals surface area contributed by atoms with Crippen molar-refractivity contribution in [2.24, 2.45) is 5.84 Å². The van der Waals surface area contributed by atoms with Gasteiger partial charge in [-0.2, -0.15) is 0 Å². The molecule has 3 nitrogen and oxygen atoms in total. The molecule has 0 amide bonds. The van der Waals surface area contributed by atoms with Gasteiger partial charge < -0.3 is 4.74 Å². The van der Waals surface area contributed by atoms with Crippen LogP contribution < -0.4 is 16.0 Å². The quantitative estimate of drug-likeness (QED) is 0.661. The summed E-state index contributed by atoms with van der Waals surface area (Å²) in [6, 6.07) is 18.9. The average molecular weight is 268 g/mol. The van der Waals surface area contributed by atoms with Gasteiger partial charge in [0.05, 0.1) is 6.61 Å². The van der Waals surface area contributed by atoms with Gasteiger partial charge in [0, 0.05) is 6.04 Å². The lowest BCUT2D eigenvalue weighted by Crippen LogP contribution is -2.30. The second kappa shape index (κ2) is 6.07. The molecule has 0 saturated carbocycles. The number of nitrogens with one attached hydrogen (secondary N) is 1. The Bertz CT molecular complexity index is 556. The molecule has 2 aromatic rings. The van der Waals surface area contributed by atoms with E-state index in [2.05, 4.69) is 47.9 Å². The highest BCUT2D eigenvalue weighted by Crippen LogP contribution is 2.38. The van der Waals surface area contributed by atoms with Gasteiger partial charge in [0.2, 0.25) is 0 Å². The highest BCUT2D eigenvalue weighted by molar-refractivity contribution is 5.38. The molecule has 0 aliphatic carbocycles. The summed E-state index contributed by atoms with van der Waals surface area (Å²) in [7, 11) is 0. The van der Waals surface area contributed by atoms with Crippen LogP contribution in [0.2, 0.25) is 0 Å². The number of para-hydroxylation sites is 1. The minimum absolute atomic E-state index is 0.173. The smallest absolute Gasteiger partial charge is 0.122 e. The zero-order valence-corrected chi connectivity index (χ0v) is 11.5. The minimum atomic E-state index is 0.173. The van der Waals surface area contributed by atoms with Crippen LogP contribution >= 0.6 is 0 Å². The van der Waals surface area contributed by atoms with Gasteiger partial charge >= 0.3 is 0 Å². The molecule has 20 heavy (non-hydrogen) atoms. The molecular weight excluding hydrogens is 248 g/mol. The molecule has 0 spiro atoms. The number of fused-ring (bicyclic) bond motifs is 1. The Morgan fingerprint density at radius 1 is 1.10 bits per heavy atom. The lowest BCUT2D eigenvalue weighted by atomic mass is 9.86. The third-order valence-electron chi connectivity index (χ3n) is 4.01. The fourth-order valence-electron chi connectivity index (χ4n) is 2.93. The van der Waals surface area contributed by atoms with Crippen LogP contribution in [0.1, 0.15) is 35.9 Å². The number of rotatable bonds is 4. The van der Waals surface area contributed by atoms with E-state index in [1.54, 1.807) is 0 Å². The Balaban J connectivity index is 1.81. The van der Waals surface area contributed by atoms with Crippen molar-refractivity contribution < 1.29 is 4.74 Å². The third kappa shape index (κ3) is 2.69. The monoisotopic (exact) mass is 268 g/mol. The standard InChI is InChI=1S/C17H20N2O/c18-19-16(13-6-2-1-3-7-13)12-14-10-11-20-17-9-5-4-8-15(14)17/h1-9,14,16,19H,10-12,18H2. The number of hydrogen-bond donors (Lipinski definition) is 2. The summed E-state index contributed by atoms with van der Waals surface area (Å²) in [4.78, 5) is 0. The highest BCUT2D eigenvalue weighted by atomic mass is 16.5. The van der Waals surface area contributed by atoms with Gasteiger partial charge in [-0.3, -0.25) is 11.3 Å².